The van der Waals surface area contributed by atoms with Crippen molar-refractivity contribution in [1.29, 1.82) is 0 Å². The molecule has 0 saturated heterocycles. The zero-order valence-corrected chi connectivity index (χ0v) is 10.1. The van der Waals surface area contributed by atoms with Crippen molar-refractivity contribution in [3.63, 3.8) is 0 Å². The van der Waals surface area contributed by atoms with E-state index in [4.69, 9.17) is 0 Å². The van der Waals surface area contributed by atoms with Gasteiger partial charge in [-0.05, 0) is 43.4 Å². The smallest absolute Gasteiger partial charge is 0.254 e. The first-order valence-electron chi connectivity index (χ1n) is 6.21. The first-order valence-corrected chi connectivity index (χ1v) is 6.21. The Bertz CT molecular complexity index is 411. The molecule has 1 aliphatic rings. The molecular formula is C14H18FNO. The minimum Gasteiger partial charge on any atom is -0.352 e. The van der Waals surface area contributed by atoms with Gasteiger partial charge < -0.3 is 5.32 Å². The van der Waals surface area contributed by atoms with Crippen molar-refractivity contribution in [2.24, 2.45) is 5.92 Å². The summed E-state index contributed by atoms with van der Waals surface area (Å²) < 4.78 is 13.5. The highest BCUT2D eigenvalue weighted by Gasteiger charge is 2.17. The van der Waals surface area contributed by atoms with Gasteiger partial charge in [0.1, 0.15) is 5.82 Å². The fourth-order valence-electron chi connectivity index (χ4n) is 2.35. The number of hydrogen-bond donors (Lipinski definition) is 1. The first kappa shape index (κ1) is 12.1. The van der Waals surface area contributed by atoms with Gasteiger partial charge in [-0.1, -0.05) is 18.9 Å². The van der Waals surface area contributed by atoms with E-state index in [0.29, 0.717) is 12.5 Å². The van der Waals surface area contributed by atoms with Crippen LogP contribution in [0.5, 0.6) is 0 Å². The molecule has 1 saturated carbocycles. The van der Waals surface area contributed by atoms with Crippen molar-refractivity contribution in [1.82, 2.24) is 5.32 Å². The molecule has 1 fully saturated rings. The van der Waals surface area contributed by atoms with Gasteiger partial charge >= 0.3 is 0 Å². The van der Waals surface area contributed by atoms with Crippen LogP contribution in [0, 0.1) is 18.7 Å². The number of amides is 1. The summed E-state index contributed by atoms with van der Waals surface area (Å²) >= 11 is 0. The van der Waals surface area contributed by atoms with Crippen molar-refractivity contribution in [3.05, 3.63) is 35.1 Å². The number of hydrogen-bond acceptors (Lipinski definition) is 1. The van der Waals surface area contributed by atoms with Gasteiger partial charge in [-0.25, -0.2) is 4.39 Å². The fourth-order valence-corrected chi connectivity index (χ4v) is 2.35. The SMILES string of the molecule is Cc1ccc(C(=O)NCC2CCCC2)c(F)c1. The third-order valence-corrected chi connectivity index (χ3v) is 3.40. The molecule has 3 heteroatoms. The van der Waals surface area contributed by atoms with E-state index in [1.165, 1.54) is 31.7 Å². The molecule has 0 unspecified atom stereocenters. The molecule has 0 bridgehead atoms. The lowest BCUT2D eigenvalue weighted by atomic mass is 10.1. The molecule has 0 aromatic heterocycles. The summed E-state index contributed by atoms with van der Waals surface area (Å²) in [7, 11) is 0. The second kappa shape index (κ2) is 5.30. The molecule has 1 aromatic rings. The predicted molar refractivity (Wildman–Crippen MR) is 65.4 cm³/mol. The van der Waals surface area contributed by atoms with Crippen molar-refractivity contribution < 1.29 is 9.18 Å². The van der Waals surface area contributed by atoms with Crippen LogP contribution < -0.4 is 5.32 Å². The zero-order chi connectivity index (χ0) is 12.3. The highest BCUT2D eigenvalue weighted by Crippen LogP contribution is 2.23. The van der Waals surface area contributed by atoms with E-state index < -0.39 is 5.82 Å². The number of rotatable bonds is 3. The number of benzene rings is 1. The third-order valence-electron chi connectivity index (χ3n) is 3.40. The molecule has 1 aromatic carbocycles. The van der Waals surface area contributed by atoms with Crippen LogP contribution in [0.25, 0.3) is 0 Å². The van der Waals surface area contributed by atoms with Crippen LogP contribution >= 0.6 is 0 Å². The van der Waals surface area contributed by atoms with Crippen molar-refractivity contribution in [3.8, 4) is 0 Å². The maximum atomic E-state index is 13.5. The molecule has 0 radical (unpaired) electrons. The number of aryl methyl sites for hydroxylation is 1. The number of carbonyl (C=O) groups excluding carboxylic acids is 1. The number of carbonyl (C=O) groups is 1. The molecule has 0 aliphatic heterocycles. The maximum absolute atomic E-state index is 13.5. The average molecular weight is 235 g/mol. The van der Waals surface area contributed by atoms with Crippen molar-refractivity contribution >= 4 is 5.91 Å². The second-order valence-electron chi connectivity index (χ2n) is 4.84. The van der Waals surface area contributed by atoms with Gasteiger partial charge in [-0.2, -0.15) is 0 Å². The Labute approximate surface area is 101 Å². The van der Waals surface area contributed by atoms with E-state index in [2.05, 4.69) is 5.32 Å². The summed E-state index contributed by atoms with van der Waals surface area (Å²) in [4.78, 5) is 11.8. The fraction of sp³-hybridized carbons (Fsp3) is 0.500. The molecule has 0 spiro atoms. The molecule has 17 heavy (non-hydrogen) atoms. The maximum Gasteiger partial charge on any atom is 0.254 e. The average Bonchev–Trinajstić information content (AvgIpc) is 2.78. The quantitative estimate of drug-likeness (QED) is 0.857. The van der Waals surface area contributed by atoms with Crippen molar-refractivity contribution in [2.75, 3.05) is 6.54 Å². The monoisotopic (exact) mass is 235 g/mol. The van der Waals surface area contributed by atoms with Crippen LogP contribution in [0.3, 0.4) is 0 Å². The van der Waals surface area contributed by atoms with E-state index in [1.54, 1.807) is 12.1 Å². The Morgan fingerprint density at radius 3 is 2.76 bits per heavy atom. The molecule has 0 heterocycles. The van der Waals surface area contributed by atoms with E-state index in [1.807, 2.05) is 6.92 Å². The van der Waals surface area contributed by atoms with Gasteiger partial charge in [0.25, 0.3) is 5.91 Å². The highest BCUT2D eigenvalue weighted by atomic mass is 19.1. The van der Waals surface area contributed by atoms with Crippen LogP contribution in [0.2, 0.25) is 0 Å². The molecule has 1 N–H and O–H groups in total. The normalized spacial score (nSPS) is 16.1. The minimum atomic E-state index is -0.436. The molecule has 2 rings (SSSR count). The van der Waals surface area contributed by atoms with Crippen LogP contribution in [0.15, 0.2) is 18.2 Å². The van der Waals surface area contributed by atoms with Crippen molar-refractivity contribution in [2.45, 2.75) is 32.6 Å². The summed E-state index contributed by atoms with van der Waals surface area (Å²) in [6.07, 6.45) is 4.85. The Kier molecular flexibility index (Phi) is 3.77. The van der Waals surface area contributed by atoms with Crippen LogP contribution in [0.4, 0.5) is 4.39 Å². The minimum absolute atomic E-state index is 0.147. The van der Waals surface area contributed by atoms with Gasteiger partial charge in [0.2, 0.25) is 0 Å². The summed E-state index contributed by atoms with van der Waals surface area (Å²) in [5.74, 6) is -0.157. The van der Waals surface area contributed by atoms with Gasteiger partial charge in [0.15, 0.2) is 0 Å². The van der Waals surface area contributed by atoms with Gasteiger partial charge in [-0.3, -0.25) is 4.79 Å². The lowest BCUT2D eigenvalue weighted by molar-refractivity contribution is 0.0943. The van der Waals surface area contributed by atoms with E-state index >= 15 is 0 Å². The Hall–Kier alpha value is -1.38. The summed E-state index contributed by atoms with van der Waals surface area (Å²) in [6, 6.07) is 4.70. The van der Waals surface area contributed by atoms with Gasteiger partial charge in [0.05, 0.1) is 5.56 Å². The molecule has 92 valence electrons. The predicted octanol–water partition coefficient (Wildman–Crippen LogP) is 3.05. The van der Waals surface area contributed by atoms with Crippen LogP contribution in [-0.4, -0.2) is 12.5 Å². The summed E-state index contributed by atoms with van der Waals surface area (Å²) in [6.45, 7) is 2.48. The van der Waals surface area contributed by atoms with Gasteiger partial charge in [-0.15, -0.1) is 0 Å². The lowest BCUT2D eigenvalue weighted by Crippen LogP contribution is -2.29. The van der Waals surface area contributed by atoms with Gasteiger partial charge in [0, 0.05) is 6.54 Å². The van der Waals surface area contributed by atoms with E-state index in [0.717, 1.165) is 5.56 Å². The highest BCUT2D eigenvalue weighted by molar-refractivity contribution is 5.94. The van der Waals surface area contributed by atoms with Crippen LogP contribution in [0.1, 0.15) is 41.6 Å². The van der Waals surface area contributed by atoms with E-state index in [-0.39, 0.29) is 11.5 Å². The number of halogens is 1. The Balaban J connectivity index is 1.94. The molecular weight excluding hydrogens is 217 g/mol. The zero-order valence-electron chi connectivity index (χ0n) is 10.1. The van der Waals surface area contributed by atoms with Crippen LogP contribution in [-0.2, 0) is 0 Å². The Morgan fingerprint density at radius 2 is 2.12 bits per heavy atom. The molecule has 1 amide bonds. The molecule has 1 aliphatic carbocycles. The second-order valence-corrected chi connectivity index (χ2v) is 4.84. The largest absolute Gasteiger partial charge is 0.352 e. The number of nitrogens with one attached hydrogen (secondary N) is 1. The molecule has 0 atom stereocenters. The first-order chi connectivity index (χ1) is 8.16. The topological polar surface area (TPSA) is 29.1 Å². The standard InChI is InChI=1S/C14H18FNO/c1-10-6-7-12(13(15)8-10)14(17)16-9-11-4-2-3-5-11/h6-8,11H,2-5,9H2,1H3,(H,16,17). The molecule has 2 nitrogen and oxygen atoms in total. The summed E-state index contributed by atoms with van der Waals surface area (Å²) in [5, 5.41) is 2.82. The Morgan fingerprint density at radius 1 is 1.41 bits per heavy atom. The third kappa shape index (κ3) is 3.05. The summed E-state index contributed by atoms with van der Waals surface area (Å²) in [5.41, 5.74) is 0.975. The lowest BCUT2D eigenvalue weighted by Gasteiger charge is -2.11. The van der Waals surface area contributed by atoms with E-state index in [9.17, 15) is 9.18 Å².